The Bertz CT molecular complexity index is 369. The van der Waals surface area contributed by atoms with Crippen molar-refractivity contribution in [3.8, 4) is 6.07 Å². The van der Waals surface area contributed by atoms with Crippen LogP contribution in [0.2, 0.25) is 0 Å². The Morgan fingerprint density at radius 1 is 1.38 bits per heavy atom. The van der Waals surface area contributed by atoms with Crippen molar-refractivity contribution in [1.29, 1.82) is 5.26 Å². The maximum atomic E-state index is 8.81. The fraction of sp³-hybridized carbons (Fsp3) is 0.222. The molecule has 2 heterocycles. The van der Waals surface area contributed by atoms with Gasteiger partial charge >= 0.3 is 0 Å². The summed E-state index contributed by atoms with van der Waals surface area (Å²) in [6.07, 6.45) is 5.64. The molecule has 1 aromatic rings. The minimum atomic E-state index is 0.582. The molecule has 2 rings (SSSR count). The van der Waals surface area contributed by atoms with E-state index in [1.54, 1.807) is 6.07 Å². The summed E-state index contributed by atoms with van der Waals surface area (Å²) < 4.78 is 0. The SMILES string of the molecule is N#Cc1ccnnc1N1CC=CC1. The predicted octanol–water partition coefficient (Wildman–Crippen LogP) is 0.724. The number of hydrogen-bond acceptors (Lipinski definition) is 4. The molecule has 0 amide bonds. The van der Waals surface area contributed by atoms with Gasteiger partial charge in [-0.05, 0) is 6.07 Å². The van der Waals surface area contributed by atoms with Crippen LogP contribution in [0.4, 0.5) is 5.82 Å². The summed E-state index contributed by atoms with van der Waals surface area (Å²) in [6.45, 7) is 1.63. The molecule has 0 N–H and O–H groups in total. The van der Waals surface area contributed by atoms with Crippen molar-refractivity contribution in [2.24, 2.45) is 0 Å². The summed E-state index contributed by atoms with van der Waals surface area (Å²) >= 11 is 0. The normalized spacial score (nSPS) is 14.5. The van der Waals surface area contributed by atoms with E-state index in [1.165, 1.54) is 6.20 Å². The quantitative estimate of drug-likeness (QED) is 0.586. The molecule has 0 radical (unpaired) electrons. The van der Waals surface area contributed by atoms with E-state index in [-0.39, 0.29) is 0 Å². The molecule has 0 aromatic carbocycles. The predicted molar refractivity (Wildman–Crippen MR) is 48.1 cm³/mol. The van der Waals surface area contributed by atoms with Gasteiger partial charge in [-0.2, -0.15) is 10.4 Å². The Morgan fingerprint density at radius 2 is 2.15 bits per heavy atom. The third-order valence-corrected chi connectivity index (χ3v) is 1.94. The van der Waals surface area contributed by atoms with E-state index in [0.717, 1.165) is 13.1 Å². The summed E-state index contributed by atoms with van der Waals surface area (Å²) in [5, 5.41) is 16.5. The largest absolute Gasteiger partial charge is 0.347 e. The average molecular weight is 172 g/mol. The highest BCUT2D eigenvalue weighted by atomic mass is 15.3. The number of anilines is 1. The highest BCUT2D eigenvalue weighted by Crippen LogP contribution is 2.16. The molecular formula is C9H8N4. The molecule has 0 aliphatic carbocycles. The van der Waals surface area contributed by atoms with Gasteiger partial charge in [0.15, 0.2) is 5.82 Å². The smallest absolute Gasteiger partial charge is 0.169 e. The van der Waals surface area contributed by atoms with Gasteiger partial charge in [-0.1, -0.05) is 12.2 Å². The summed E-state index contributed by atoms with van der Waals surface area (Å²) in [7, 11) is 0. The van der Waals surface area contributed by atoms with E-state index in [1.807, 2.05) is 4.90 Å². The Balaban J connectivity index is 2.34. The highest BCUT2D eigenvalue weighted by molar-refractivity contribution is 5.54. The molecular weight excluding hydrogens is 164 g/mol. The number of hydrogen-bond donors (Lipinski definition) is 0. The average Bonchev–Trinajstić information content (AvgIpc) is 2.70. The Morgan fingerprint density at radius 3 is 2.85 bits per heavy atom. The first kappa shape index (κ1) is 7.74. The second-order valence-electron chi connectivity index (χ2n) is 2.76. The molecule has 0 saturated carbocycles. The van der Waals surface area contributed by atoms with Gasteiger partial charge < -0.3 is 4.90 Å². The zero-order chi connectivity index (χ0) is 9.10. The van der Waals surface area contributed by atoms with Gasteiger partial charge in [-0.3, -0.25) is 0 Å². The summed E-state index contributed by atoms with van der Waals surface area (Å²) in [6, 6.07) is 3.78. The van der Waals surface area contributed by atoms with Gasteiger partial charge in [0.2, 0.25) is 0 Å². The van der Waals surface area contributed by atoms with Crippen molar-refractivity contribution in [3.05, 3.63) is 30.0 Å². The molecule has 64 valence electrons. The molecule has 1 aromatic heterocycles. The maximum absolute atomic E-state index is 8.81. The molecule has 1 aliphatic rings. The van der Waals surface area contributed by atoms with Gasteiger partial charge in [0.05, 0.1) is 11.8 Å². The van der Waals surface area contributed by atoms with Crippen molar-refractivity contribution in [3.63, 3.8) is 0 Å². The van der Waals surface area contributed by atoms with Crippen molar-refractivity contribution in [1.82, 2.24) is 10.2 Å². The fourth-order valence-electron chi connectivity index (χ4n) is 1.30. The zero-order valence-corrected chi connectivity index (χ0v) is 7.01. The lowest BCUT2D eigenvalue weighted by molar-refractivity contribution is 0.909. The summed E-state index contributed by atoms with van der Waals surface area (Å²) in [5.74, 6) is 0.676. The third-order valence-electron chi connectivity index (χ3n) is 1.94. The van der Waals surface area contributed by atoms with Crippen LogP contribution in [-0.2, 0) is 0 Å². The van der Waals surface area contributed by atoms with Crippen molar-refractivity contribution < 1.29 is 0 Å². The first-order valence-corrected chi connectivity index (χ1v) is 4.03. The Labute approximate surface area is 76.1 Å². The second kappa shape index (κ2) is 3.23. The third kappa shape index (κ3) is 1.36. The molecule has 1 aliphatic heterocycles. The van der Waals surface area contributed by atoms with Crippen LogP contribution < -0.4 is 4.90 Å². The molecule has 4 nitrogen and oxygen atoms in total. The van der Waals surface area contributed by atoms with Crippen LogP contribution in [-0.4, -0.2) is 23.3 Å². The molecule has 0 fully saturated rings. The van der Waals surface area contributed by atoms with Crippen LogP contribution in [0.25, 0.3) is 0 Å². The summed E-state index contributed by atoms with van der Waals surface area (Å²) in [4.78, 5) is 2.01. The van der Waals surface area contributed by atoms with Crippen LogP contribution in [0.1, 0.15) is 5.56 Å². The molecule has 13 heavy (non-hydrogen) atoms. The Kier molecular flexibility index (Phi) is 1.93. The van der Waals surface area contributed by atoms with Gasteiger partial charge in [0.25, 0.3) is 0 Å². The topological polar surface area (TPSA) is 52.8 Å². The Hall–Kier alpha value is -1.89. The van der Waals surface area contributed by atoms with E-state index < -0.39 is 0 Å². The highest BCUT2D eigenvalue weighted by Gasteiger charge is 2.13. The second-order valence-corrected chi connectivity index (χ2v) is 2.76. The van der Waals surface area contributed by atoms with Crippen molar-refractivity contribution in [2.75, 3.05) is 18.0 Å². The van der Waals surface area contributed by atoms with Crippen LogP contribution in [0.15, 0.2) is 24.4 Å². The molecule has 0 bridgehead atoms. The van der Waals surface area contributed by atoms with Crippen LogP contribution >= 0.6 is 0 Å². The molecule has 0 atom stereocenters. The summed E-state index contributed by atoms with van der Waals surface area (Å²) in [5.41, 5.74) is 0.582. The number of nitriles is 1. The van der Waals surface area contributed by atoms with Crippen LogP contribution in [0, 0.1) is 11.3 Å². The van der Waals surface area contributed by atoms with E-state index in [0.29, 0.717) is 11.4 Å². The molecule has 4 heteroatoms. The zero-order valence-electron chi connectivity index (χ0n) is 7.01. The van der Waals surface area contributed by atoms with E-state index in [9.17, 15) is 0 Å². The minimum Gasteiger partial charge on any atom is -0.347 e. The lowest BCUT2D eigenvalue weighted by Gasteiger charge is -2.15. The van der Waals surface area contributed by atoms with Gasteiger partial charge in [-0.15, -0.1) is 5.10 Å². The first-order valence-electron chi connectivity index (χ1n) is 4.03. The van der Waals surface area contributed by atoms with Crippen molar-refractivity contribution >= 4 is 5.82 Å². The van der Waals surface area contributed by atoms with Crippen LogP contribution in [0.3, 0.4) is 0 Å². The molecule has 0 saturated heterocycles. The number of nitrogens with zero attached hydrogens (tertiary/aromatic N) is 4. The van der Waals surface area contributed by atoms with Crippen LogP contribution in [0.5, 0.6) is 0 Å². The lowest BCUT2D eigenvalue weighted by Crippen LogP contribution is -2.21. The first-order chi connectivity index (χ1) is 6.42. The van der Waals surface area contributed by atoms with E-state index >= 15 is 0 Å². The van der Waals surface area contributed by atoms with Gasteiger partial charge in [0.1, 0.15) is 6.07 Å². The van der Waals surface area contributed by atoms with Gasteiger partial charge in [-0.25, -0.2) is 0 Å². The van der Waals surface area contributed by atoms with E-state index in [4.69, 9.17) is 5.26 Å². The standard InChI is InChI=1S/C9H8N4/c10-7-8-3-4-11-12-9(8)13-5-1-2-6-13/h1-4H,5-6H2. The molecule has 0 unspecified atom stereocenters. The number of rotatable bonds is 1. The van der Waals surface area contributed by atoms with Gasteiger partial charge in [0, 0.05) is 13.1 Å². The minimum absolute atomic E-state index is 0.582. The van der Waals surface area contributed by atoms with Crippen molar-refractivity contribution in [2.45, 2.75) is 0 Å². The maximum Gasteiger partial charge on any atom is 0.169 e. The molecule has 0 spiro atoms. The number of aromatic nitrogens is 2. The van der Waals surface area contributed by atoms with E-state index in [2.05, 4.69) is 28.4 Å². The lowest BCUT2D eigenvalue weighted by atomic mass is 10.3. The fourth-order valence-corrected chi connectivity index (χ4v) is 1.30. The monoisotopic (exact) mass is 172 g/mol.